The van der Waals surface area contributed by atoms with Gasteiger partial charge in [-0.2, -0.15) is 0 Å². The summed E-state index contributed by atoms with van der Waals surface area (Å²) < 4.78 is 5.24. The summed E-state index contributed by atoms with van der Waals surface area (Å²) in [4.78, 5) is 0. The van der Waals surface area contributed by atoms with Gasteiger partial charge in [0.2, 0.25) is 0 Å². The number of hydrogen-bond acceptors (Lipinski definition) is 2. The second-order valence-corrected chi connectivity index (χ2v) is 2.35. The highest BCUT2D eigenvalue weighted by atomic mass is 16.5. The van der Waals surface area contributed by atoms with Crippen molar-refractivity contribution in [1.82, 2.24) is 0 Å². The Morgan fingerprint density at radius 3 is 2.38 bits per heavy atom. The molecule has 2 heteroatoms. The van der Waals surface area contributed by atoms with Crippen LogP contribution in [0.5, 0.6) is 0 Å². The van der Waals surface area contributed by atoms with Crippen LogP contribution >= 0.6 is 0 Å². The van der Waals surface area contributed by atoms with Gasteiger partial charge in [-0.1, -0.05) is 0 Å². The van der Waals surface area contributed by atoms with Crippen molar-refractivity contribution in [3.8, 4) is 0 Å². The van der Waals surface area contributed by atoms with Crippen molar-refractivity contribution < 1.29 is 4.74 Å². The average molecular weight is 115 g/mol. The zero-order valence-corrected chi connectivity index (χ0v) is 5.31. The van der Waals surface area contributed by atoms with E-state index in [1.165, 1.54) is 6.42 Å². The van der Waals surface area contributed by atoms with Crippen molar-refractivity contribution in [2.75, 3.05) is 6.61 Å². The summed E-state index contributed by atoms with van der Waals surface area (Å²) in [5.41, 5.74) is 5.46. The van der Waals surface area contributed by atoms with Crippen molar-refractivity contribution in [3.05, 3.63) is 0 Å². The maximum atomic E-state index is 5.69. The molecule has 0 bridgehead atoms. The quantitative estimate of drug-likeness (QED) is 0.542. The van der Waals surface area contributed by atoms with Crippen LogP contribution in [0.4, 0.5) is 0 Å². The minimum atomic E-state index is -0.227. The molecule has 1 rings (SSSR count). The van der Waals surface area contributed by atoms with Crippen LogP contribution in [0.3, 0.4) is 0 Å². The summed E-state index contributed by atoms with van der Waals surface area (Å²) in [6.07, 6.45) is 3.32. The minimum absolute atomic E-state index is 0.227. The molecule has 0 atom stereocenters. The summed E-state index contributed by atoms with van der Waals surface area (Å²) in [6, 6.07) is 0. The van der Waals surface area contributed by atoms with E-state index in [2.05, 4.69) is 0 Å². The summed E-state index contributed by atoms with van der Waals surface area (Å²) >= 11 is 0. The highest BCUT2D eigenvalue weighted by molar-refractivity contribution is 4.82. The lowest BCUT2D eigenvalue weighted by Gasteiger charge is -2.37. The molecule has 1 aliphatic rings. The molecule has 8 heavy (non-hydrogen) atoms. The predicted molar refractivity (Wildman–Crippen MR) is 32.4 cm³/mol. The van der Waals surface area contributed by atoms with E-state index in [4.69, 9.17) is 10.5 Å². The molecule has 0 unspecified atom stereocenters. The second-order valence-electron chi connectivity index (χ2n) is 2.35. The van der Waals surface area contributed by atoms with Crippen LogP contribution in [-0.4, -0.2) is 12.3 Å². The van der Waals surface area contributed by atoms with E-state index in [9.17, 15) is 0 Å². The molecular weight excluding hydrogens is 102 g/mol. The topological polar surface area (TPSA) is 35.2 Å². The van der Waals surface area contributed by atoms with Crippen LogP contribution in [0, 0.1) is 0 Å². The van der Waals surface area contributed by atoms with Crippen LogP contribution in [0.25, 0.3) is 0 Å². The Balaban J connectivity index is 2.20. The molecule has 0 aromatic heterocycles. The van der Waals surface area contributed by atoms with Gasteiger partial charge in [0.25, 0.3) is 0 Å². The van der Waals surface area contributed by atoms with E-state index in [-0.39, 0.29) is 5.72 Å². The number of nitrogens with two attached hydrogens (primary N) is 1. The number of ether oxygens (including phenoxy) is 1. The first kappa shape index (κ1) is 6.05. The minimum Gasteiger partial charge on any atom is -0.361 e. The molecule has 0 aromatic carbocycles. The Labute approximate surface area is 50.0 Å². The van der Waals surface area contributed by atoms with E-state index in [0.717, 1.165) is 19.4 Å². The fourth-order valence-electron chi connectivity index (χ4n) is 0.957. The largest absolute Gasteiger partial charge is 0.361 e. The first-order valence-electron chi connectivity index (χ1n) is 3.20. The van der Waals surface area contributed by atoms with Crippen molar-refractivity contribution in [3.63, 3.8) is 0 Å². The summed E-state index contributed by atoms with van der Waals surface area (Å²) in [5, 5.41) is 0. The lowest BCUT2D eigenvalue weighted by atomic mass is 9.89. The van der Waals surface area contributed by atoms with E-state index in [0.29, 0.717) is 0 Å². The number of rotatable bonds is 2. The molecule has 0 spiro atoms. The van der Waals surface area contributed by atoms with Crippen LogP contribution in [-0.2, 0) is 4.74 Å². The molecule has 0 amide bonds. The third kappa shape index (κ3) is 1.01. The maximum absolute atomic E-state index is 5.69. The van der Waals surface area contributed by atoms with E-state index in [1.807, 2.05) is 6.92 Å². The third-order valence-corrected chi connectivity index (χ3v) is 1.63. The SMILES string of the molecule is CCOC1(N)CCC1. The first-order valence-corrected chi connectivity index (χ1v) is 3.20. The smallest absolute Gasteiger partial charge is 0.116 e. The fourth-order valence-corrected chi connectivity index (χ4v) is 0.957. The molecule has 48 valence electrons. The Morgan fingerprint density at radius 1 is 1.62 bits per heavy atom. The van der Waals surface area contributed by atoms with Gasteiger partial charge < -0.3 is 10.5 Å². The van der Waals surface area contributed by atoms with E-state index in [1.54, 1.807) is 0 Å². The third-order valence-electron chi connectivity index (χ3n) is 1.63. The molecule has 2 N–H and O–H groups in total. The van der Waals surface area contributed by atoms with Gasteiger partial charge in [0, 0.05) is 6.61 Å². The van der Waals surface area contributed by atoms with Crippen molar-refractivity contribution in [2.45, 2.75) is 31.9 Å². The van der Waals surface area contributed by atoms with Gasteiger partial charge >= 0.3 is 0 Å². The summed E-state index contributed by atoms with van der Waals surface area (Å²) in [6.45, 7) is 2.73. The molecule has 0 radical (unpaired) electrons. The normalized spacial score (nSPS) is 24.8. The van der Waals surface area contributed by atoms with Crippen molar-refractivity contribution in [2.24, 2.45) is 5.73 Å². The Bertz CT molecular complexity index is 78.6. The van der Waals surface area contributed by atoms with Gasteiger partial charge in [-0.25, -0.2) is 0 Å². The summed E-state index contributed by atoms with van der Waals surface area (Å²) in [5.74, 6) is 0. The van der Waals surface area contributed by atoms with Crippen LogP contribution in [0.1, 0.15) is 26.2 Å². The van der Waals surface area contributed by atoms with Gasteiger partial charge in [-0.3, -0.25) is 0 Å². The fraction of sp³-hybridized carbons (Fsp3) is 1.00. The lowest BCUT2D eigenvalue weighted by molar-refractivity contribution is -0.0897. The molecule has 0 aromatic rings. The highest BCUT2D eigenvalue weighted by Gasteiger charge is 2.32. The Kier molecular flexibility index (Phi) is 1.54. The molecule has 2 nitrogen and oxygen atoms in total. The highest BCUT2D eigenvalue weighted by Crippen LogP contribution is 2.29. The van der Waals surface area contributed by atoms with Crippen LogP contribution in [0.15, 0.2) is 0 Å². The molecule has 0 aliphatic heterocycles. The Morgan fingerprint density at radius 2 is 2.25 bits per heavy atom. The molecule has 1 saturated carbocycles. The summed E-state index contributed by atoms with van der Waals surface area (Å²) in [7, 11) is 0. The van der Waals surface area contributed by atoms with Crippen molar-refractivity contribution >= 4 is 0 Å². The average Bonchev–Trinajstić information content (AvgIpc) is 1.64. The number of hydrogen-bond donors (Lipinski definition) is 1. The van der Waals surface area contributed by atoms with Gasteiger partial charge in [0.05, 0.1) is 0 Å². The Hall–Kier alpha value is -0.0800. The maximum Gasteiger partial charge on any atom is 0.116 e. The van der Waals surface area contributed by atoms with Gasteiger partial charge in [-0.05, 0) is 26.2 Å². The predicted octanol–water partition coefficient (Wildman–Crippen LogP) is 0.862. The van der Waals surface area contributed by atoms with Crippen LogP contribution in [0.2, 0.25) is 0 Å². The van der Waals surface area contributed by atoms with Gasteiger partial charge in [0.1, 0.15) is 5.72 Å². The van der Waals surface area contributed by atoms with Crippen molar-refractivity contribution in [1.29, 1.82) is 0 Å². The molecule has 1 aliphatic carbocycles. The van der Waals surface area contributed by atoms with Gasteiger partial charge in [0.15, 0.2) is 0 Å². The first-order chi connectivity index (χ1) is 3.77. The zero-order chi connectivity index (χ0) is 6.04. The van der Waals surface area contributed by atoms with Gasteiger partial charge in [-0.15, -0.1) is 0 Å². The molecule has 1 fully saturated rings. The monoisotopic (exact) mass is 115 g/mol. The zero-order valence-electron chi connectivity index (χ0n) is 5.31. The van der Waals surface area contributed by atoms with E-state index < -0.39 is 0 Å². The second kappa shape index (κ2) is 2.03. The lowest BCUT2D eigenvalue weighted by Crippen LogP contribution is -2.48. The molecule has 0 heterocycles. The molecular formula is C6H13NO. The molecule has 0 saturated heterocycles. The van der Waals surface area contributed by atoms with E-state index >= 15 is 0 Å². The standard InChI is InChI=1S/C6H13NO/c1-2-8-6(7)4-3-5-6/h2-5,7H2,1H3. The van der Waals surface area contributed by atoms with Crippen LogP contribution < -0.4 is 5.73 Å².